The molecular weight excluding hydrogens is 256 g/mol. The minimum atomic E-state index is -0.242. The van der Waals surface area contributed by atoms with Gasteiger partial charge in [-0.15, -0.1) is 0 Å². The molecule has 2 N–H and O–H groups in total. The lowest BCUT2D eigenvalue weighted by molar-refractivity contribution is 0.0946. The molecule has 1 aromatic rings. The topological polar surface area (TPSA) is 71.2 Å². The zero-order valence-electron chi connectivity index (χ0n) is 11.9. The van der Waals surface area contributed by atoms with E-state index < -0.39 is 0 Å². The molecule has 0 aromatic carbocycles. The lowest BCUT2D eigenvalue weighted by Crippen LogP contribution is -2.26. The fourth-order valence-electron chi connectivity index (χ4n) is 2.49. The van der Waals surface area contributed by atoms with E-state index in [0.717, 1.165) is 25.9 Å². The number of hydrogen-bond donors (Lipinski definition) is 2. The fraction of sp³-hybridized carbons (Fsp3) is 0.600. The molecular formula is C15H22N2O3. The van der Waals surface area contributed by atoms with Crippen LogP contribution < -0.4 is 10.9 Å². The second kappa shape index (κ2) is 7.24. The van der Waals surface area contributed by atoms with Crippen molar-refractivity contribution in [1.82, 2.24) is 10.3 Å². The third kappa shape index (κ3) is 4.49. The van der Waals surface area contributed by atoms with Crippen LogP contribution >= 0.6 is 0 Å². The minimum absolute atomic E-state index is 0.184. The van der Waals surface area contributed by atoms with Crippen molar-refractivity contribution in [2.24, 2.45) is 0 Å². The van der Waals surface area contributed by atoms with Crippen LogP contribution in [0.5, 0.6) is 0 Å². The summed E-state index contributed by atoms with van der Waals surface area (Å²) in [5.41, 5.74) is 0.875. The Morgan fingerprint density at radius 3 is 3.00 bits per heavy atom. The largest absolute Gasteiger partial charge is 0.378 e. The molecule has 2 heterocycles. The van der Waals surface area contributed by atoms with Gasteiger partial charge in [-0.2, -0.15) is 0 Å². The zero-order chi connectivity index (χ0) is 14.4. The third-order valence-corrected chi connectivity index (χ3v) is 3.50. The van der Waals surface area contributed by atoms with Gasteiger partial charge in [-0.25, -0.2) is 0 Å². The molecule has 20 heavy (non-hydrogen) atoms. The molecule has 1 aliphatic rings. The number of amides is 1. The summed E-state index contributed by atoms with van der Waals surface area (Å²) in [7, 11) is 0. The van der Waals surface area contributed by atoms with E-state index in [1.807, 2.05) is 0 Å². The van der Waals surface area contributed by atoms with E-state index in [1.165, 1.54) is 18.9 Å². The summed E-state index contributed by atoms with van der Waals surface area (Å²) in [4.78, 5) is 25.8. The fourth-order valence-corrected chi connectivity index (χ4v) is 2.49. The van der Waals surface area contributed by atoms with Gasteiger partial charge in [0.1, 0.15) is 0 Å². The number of unbranched alkanes of at least 4 members (excludes halogenated alkanes) is 1. The molecule has 5 nitrogen and oxygen atoms in total. The Hall–Kier alpha value is -1.62. The molecule has 1 unspecified atom stereocenters. The Balaban J connectivity index is 1.68. The Kier molecular flexibility index (Phi) is 5.35. The maximum atomic E-state index is 11.9. The Labute approximate surface area is 118 Å². The second-order valence-corrected chi connectivity index (χ2v) is 5.30. The normalized spacial score (nSPS) is 18.1. The first-order valence-corrected chi connectivity index (χ1v) is 7.26. The smallest absolute Gasteiger partial charge is 0.251 e. The summed E-state index contributed by atoms with van der Waals surface area (Å²) in [6.07, 6.45) is 5.82. The number of rotatable bonds is 6. The average Bonchev–Trinajstić information content (AvgIpc) is 2.90. The van der Waals surface area contributed by atoms with Crippen LogP contribution in [0.2, 0.25) is 0 Å². The number of hydrogen-bond acceptors (Lipinski definition) is 3. The first kappa shape index (κ1) is 14.8. The van der Waals surface area contributed by atoms with Gasteiger partial charge in [0.15, 0.2) is 0 Å². The quantitative estimate of drug-likeness (QED) is 0.779. The molecule has 1 amide bonds. The van der Waals surface area contributed by atoms with E-state index in [2.05, 4.69) is 10.3 Å². The van der Waals surface area contributed by atoms with Crippen LogP contribution in [0.25, 0.3) is 0 Å². The second-order valence-electron chi connectivity index (χ2n) is 5.30. The Bertz CT molecular complexity index is 504. The van der Waals surface area contributed by atoms with E-state index in [1.54, 1.807) is 13.0 Å². The predicted molar refractivity (Wildman–Crippen MR) is 77.0 cm³/mol. The molecule has 0 bridgehead atoms. The van der Waals surface area contributed by atoms with Crippen molar-refractivity contribution in [3.05, 3.63) is 33.7 Å². The molecule has 1 atom stereocenters. The molecule has 0 aliphatic carbocycles. The number of aromatic amines is 1. The van der Waals surface area contributed by atoms with Crippen LogP contribution in [0.15, 0.2) is 16.9 Å². The molecule has 1 fully saturated rings. The molecule has 1 saturated heterocycles. The van der Waals surface area contributed by atoms with Crippen molar-refractivity contribution < 1.29 is 9.53 Å². The van der Waals surface area contributed by atoms with Crippen molar-refractivity contribution in [3.8, 4) is 0 Å². The molecule has 1 aromatic heterocycles. The summed E-state index contributed by atoms with van der Waals surface area (Å²) >= 11 is 0. The maximum absolute atomic E-state index is 11.9. The van der Waals surface area contributed by atoms with Gasteiger partial charge in [0.25, 0.3) is 5.91 Å². The highest BCUT2D eigenvalue weighted by Crippen LogP contribution is 2.17. The van der Waals surface area contributed by atoms with Crippen molar-refractivity contribution in [2.75, 3.05) is 13.2 Å². The highest BCUT2D eigenvalue weighted by Gasteiger charge is 2.14. The molecule has 0 radical (unpaired) electrons. The number of carbonyl (C=O) groups is 1. The van der Waals surface area contributed by atoms with E-state index >= 15 is 0 Å². The predicted octanol–water partition coefficient (Wildman–Crippen LogP) is 1.76. The number of aromatic nitrogens is 1. The molecule has 0 saturated carbocycles. The van der Waals surface area contributed by atoms with E-state index in [4.69, 9.17) is 4.74 Å². The van der Waals surface area contributed by atoms with Crippen LogP contribution in [0.3, 0.4) is 0 Å². The highest BCUT2D eigenvalue weighted by molar-refractivity contribution is 5.94. The van der Waals surface area contributed by atoms with Gasteiger partial charge in [-0.1, -0.05) is 0 Å². The number of ether oxygens (including phenoxy) is 1. The first-order valence-electron chi connectivity index (χ1n) is 7.26. The minimum Gasteiger partial charge on any atom is -0.378 e. The van der Waals surface area contributed by atoms with Gasteiger partial charge < -0.3 is 15.0 Å². The first-order chi connectivity index (χ1) is 9.65. The van der Waals surface area contributed by atoms with Crippen LogP contribution in [-0.2, 0) is 4.74 Å². The lowest BCUT2D eigenvalue weighted by Gasteiger charge is -2.09. The molecule has 2 rings (SSSR count). The molecule has 5 heteroatoms. The lowest BCUT2D eigenvalue weighted by atomic mass is 10.1. The van der Waals surface area contributed by atoms with E-state index in [-0.39, 0.29) is 11.5 Å². The van der Waals surface area contributed by atoms with Crippen molar-refractivity contribution >= 4 is 5.91 Å². The van der Waals surface area contributed by atoms with Crippen LogP contribution in [0.4, 0.5) is 0 Å². The SMILES string of the molecule is Cc1cc(C(=O)NCCCCC2CCCO2)cc(=O)[nH]1. The van der Waals surface area contributed by atoms with Crippen LogP contribution in [0.1, 0.15) is 48.2 Å². The van der Waals surface area contributed by atoms with Gasteiger partial charge in [-0.05, 0) is 45.1 Å². The van der Waals surface area contributed by atoms with Gasteiger partial charge >= 0.3 is 0 Å². The van der Waals surface area contributed by atoms with E-state index in [0.29, 0.717) is 23.9 Å². The molecule has 1 aliphatic heterocycles. The molecule has 0 spiro atoms. The van der Waals surface area contributed by atoms with Crippen molar-refractivity contribution in [3.63, 3.8) is 0 Å². The average molecular weight is 278 g/mol. The summed E-state index contributed by atoms with van der Waals surface area (Å²) < 4.78 is 5.55. The number of carbonyl (C=O) groups excluding carboxylic acids is 1. The van der Waals surface area contributed by atoms with E-state index in [9.17, 15) is 9.59 Å². The van der Waals surface area contributed by atoms with Gasteiger partial charge in [-0.3, -0.25) is 9.59 Å². The number of H-pyrrole nitrogens is 1. The number of aryl methyl sites for hydroxylation is 1. The summed E-state index contributed by atoms with van der Waals surface area (Å²) in [5.74, 6) is -0.184. The highest BCUT2D eigenvalue weighted by atomic mass is 16.5. The van der Waals surface area contributed by atoms with Crippen molar-refractivity contribution in [2.45, 2.75) is 45.1 Å². The van der Waals surface area contributed by atoms with Gasteiger partial charge in [0.05, 0.1) is 6.10 Å². The van der Waals surface area contributed by atoms with Crippen LogP contribution in [0, 0.1) is 6.92 Å². The van der Waals surface area contributed by atoms with Gasteiger partial charge in [0, 0.05) is 30.5 Å². The number of pyridine rings is 1. The summed E-state index contributed by atoms with van der Waals surface area (Å²) in [6.45, 7) is 3.29. The Morgan fingerprint density at radius 2 is 2.30 bits per heavy atom. The molecule has 110 valence electrons. The monoisotopic (exact) mass is 278 g/mol. The zero-order valence-corrected chi connectivity index (χ0v) is 11.9. The standard InChI is InChI=1S/C15H22N2O3/c1-11-9-12(10-14(18)17-11)15(19)16-7-3-2-5-13-6-4-8-20-13/h9-10,13H,2-8H2,1H3,(H,16,19)(H,17,18). The summed E-state index contributed by atoms with van der Waals surface area (Å²) in [5, 5.41) is 2.85. The van der Waals surface area contributed by atoms with Crippen LogP contribution in [-0.4, -0.2) is 30.1 Å². The summed E-state index contributed by atoms with van der Waals surface area (Å²) in [6, 6.07) is 3.01. The number of nitrogens with one attached hydrogen (secondary N) is 2. The van der Waals surface area contributed by atoms with Crippen molar-refractivity contribution in [1.29, 1.82) is 0 Å². The maximum Gasteiger partial charge on any atom is 0.251 e. The Morgan fingerprint density at radius 1 is 1.45 bits per heavy atom. The van der Waals surface area contributed by atoms with Gasteiger partial charge in [0.2, 0.25) is 5.56 Å². The third-order valence-electron chi connectivity index (χ3n) is 3.50.